The molecule has 0 spiro atoms. The van der Waals surface area contributed by atoms with Crippen molar-refractivity contribution in [2.24, 2.45) is 5.92 Å². The maximum atomic E-state index is 12.9. The number of fused-ring (bicyclic) bond motifs is 1. The molecule has 3 heterocycles. The van der Waals surface area contributed by atoms with Gasteiger partial charge in [0, 0.05) is 12.7 Å². The number of unbranched alkanes of at least 4 members (excludes halogenated alkanes) is 1. The van der Waals surface area contributed by atoms with Gasteiger partial charge in [0.2, 0.25) is 0 Å². The van der Waals surface area contributed by atoms with E-state index in [1.807, 2.05) is 6.20 Å². The third-order valence-electron chi connectivity index (χ3n) is 5.66. The molecule has 1 amide bonds. The number of hydrogen-bond donors (Lipinski definition) is 2. The zero-order valence-electron chi connectivity index (χ0n) is 17.2. The summed E-state index contributed by atoms with van der Waals surface area (Å²) in [7, 11) is 0. The molecule has 0 aromatic carbocycles. The van der Waals surface area contributed by atoms with E-state index >= 15 is 0 Å². The number of piperidine rings is 1. The number of nitrogens with one attached hydrogen (secondary N) is 1. The van der Waals surface area contributed by atoms with E-state index in [2.05, 4.69) is 36.0 Å². The monoisotopic (exact) mass is 405 g/mol. The number of likely N-dealkylation sites (tertiary alicyclic amines) is 1. The molecule has 154 valence electrons. The topological polar surface area (TPSA) is 75.7 Å². The second-order valence-corrected chi connectivity index (χ2v) is 8.56. The van der Waals surface area contributed by atoms with Gasteiger partial charge in [-0.1, -0.05) is 38.8 Å². The fourth-order valence-electron chi connectivity index (χ4n) is 3.73. The van der Waals surface area contributed by atoms with Gasteiger partial charge < -0.3 is 16.0 Å². The van der Waals surface area contributed by atoms with Crippen molar-refractivity contribution >= 4 is 29.0 Å². The van der Waals surface area contributed by atoms with E-state index in [0.29, 0.717) is 34.5 Å². The molecule has 0 unspecified atom stereocenters. The molecule has 1 fully saturated rings. The summed E-state index contributed by atoms with van der Waals surface area (Å²) in [6.45, 7) is 10.5. The predicted octanol–water partition coefficient (Wildman–Crippen LogP) is 3.94. The molecule has 3 N–H and O–H groups in total. The van der Waals surface area contributed by atoms with Crippen LogP contribution in [0.15, 0.2) is 12.3 Å². The Labute approximate surface area is 172 Å². The van der Waals surface area contributed by atoms with Gasteiger partial charge in [-0.2, -0.15) is 0 Å². The van der Waals surface area contributed by atoms with Crippen molar-refractivity contribution in [2.75, 3.05) is 31.9 Å². The van der Waals surface area contributed by atoms with Crippen LogP contribution in [-0.4, -0.2) is 46.4 Å². The first-order chi connectivity index (χ1) is 13.4. The van der Waals surface area contributed by atoms with E-state index in [-0.39, 0.29) is 11.8 Å². The molecule has 1 saturated heterocycles. The van der Waals surface area contributed by atoms with Gasteiger partial charge in [0.05, 0.1) is 16.3 Å². The SMILES string of the molecule is CCCCN1CCC(CNC(=O)c2cc(Cl)c(N)n3cc(C(C)C)nc23)CC1. The van der Waals surface area contributed by atoms with Crippen molar-refractivity contribution < 1.29 is 4.79 Å². The number of rotatable bonds is 7. The van der Waals surface area contributed by atoms with Gasteiger partial charge in [0.15, 0.2) is 5.65 Å². The first-order valence-electron chi connectivity index (χ1n) is 10.4. The second kappa shape index (κ2) is 9.14. The summed E-state index contributed by atoms with van der Waals surface area (Å²) in [6, 6.07) is 1.63. The number of aromatic nitrogens is 2. The number of nitrogens with zero attached hydrogens (tertiary/aromatic N) is 3. The molecule has 7 heteroatoms. The van der Waals surface area contributed by atoms with Gasteiger partial charge in [0.25, 0.3) is 5.91 Å². The molecule has 1 aliphatic heterocycles. The van der Waals surface area contributed by atoms with E-state index in [1.54, 1.807) is 10.5 Å². The zero-order valence-corrected chi connectivity index (χ0v) is 17.9. The van der Waals surface area contributed by atoms with E-state index in [0.717, 1.165) is 31.6 Å². The first-order valence-corrected chi connectivity index (χ1v) is 10.8. The van der Waals surface area contributed by atoms with Gasteiger partial charge in [-0.15, -0.1) is 0 Å². The Bertz CT molecular complexity index is 824. The summed E-state index contributed by atoms with van der Waals surface area (Å²) in [5, 5.41) is 3.46. The maximum absolute atomic E-state index is 12.9. The highest BCUT2D eigenvalue weighted by atomic mass is 35.5. The van der Waals surface area contributed by atoms with Crippen LogP contribution in [0.4, 0.5) is 5.82 Å². The fraction of sp³-hybridized carbons (Fsp3) is 0.619. The number of imidazole rings is 1. The molecule has 2 aromatic heterocycles. The summed E-state index contributed by atoms with van der Waals surface area (Å²) in [5.74, 6) is 1.04. The molecule has 1 aliphatic rings. The zero-order chi connectivity index (χ0) is 20.3. The lowest BCUT2D eigenvalue weighted by molar-refractivity contribution is 0.0937. The number of pyridine rings is 1. The molecule has 3 rings (SSSR count). The van der Waals surface area contributed by atoms with Crippen LogP contribution in [0.5, 0.6) is 0 Å². The van der Waals surface area contributed by atoms with Crippen LogP contribution in [0.1, 0.15) is 68.4 Å². The van der Waals surface area contributed by atoms with Crippen molar-refractivity contribution in [1.82, 2.24) is 19.6 Å². The van der Waals surface area contributed by atoms with Gasteiger partial charge in [0.1, 0.15) is 5.82 Å². The number of carbonyl (C=O) groups is 1. The molecule has 0 atom stereocenters. The molecule has 28 heavy (non-hydrogen) atoms. The molecule has 6 nitrogen and oxygen atoms in total. The quantitative estimate of drug-likeness (QED) is 0.731. The Morgan fingerprint density at radius 2 is 2.11 bits per heavy atom. The van der Waals surface area contributed by atoms with Crippen molar-refractivity contribution in [3.8, 4) is 0 Å². The molecular weight excluding hydrogens is 374 g/mol. The second-order valence-electron chi connectivity index (χ2n) is 8.15. The number of carbonyl (C=O) groups excluding carboxylic acids is 1. The van der Waals surface area contributed by atoms with Gasteiger partial charge >= 0.3 is 0 Å². The van der Waals surface area contributed by atoms with E-state index in [1.165, 1.54) is 19.4 Å². The highest BCUT2D eigenvalue weighted by molar-refractivity contribution is 6.33. The van der Waals surface area contributed by atoms with E-state index < -0.39 is 0 Å². The molecule has 0 bridgehead atoms. The average molecular weight is 406 g/mol. The lowest BCUT2D eigenvalue weighted by Gasteiger charge is -2.31. The van der Waals surface area contributed by atoms with Gasteiger partial charge in [-0.3, -0.25) is 9.20 Å². The molecule has 0 radical (unpaired) electrons. The fourth-order valence-corrected chi connectivity index (χ4v) is 3.93. The number of amides is 1. The Hall–Kier alpha value is -1.79. The Kier molecular flexibility index (Phi) is 6.83. The summed E-state index contributed by atoms with van der Waals surface area (Å²) in [5.41, 5.74) is 8.03. The number of halogens is 1. The maximum Gasteiger partial charge on any atom is 0.255 e. The average Bonchev–Trinajstić information content (AvgIpc) is 3.14. The standard InChI is InChI=1S/C21H32ClN5O/c1-4-5-8-26-9-6-15(7-10-26)12-24-21(28)16-11-17(22)19(23)27-13-18(14(2)3)25-20(16)27/h11,13-15H,4-10,12,23H2,1-3H3,(H,24,28). The first kappa shape index (κ1) is 20.9. The van der Waals surface area contributed by atoms with Crippen LogP contribution >= 0.6 is 11.6 Å². The minimum Gasteiger partial charge on any atom is -0.384 e. The van der Waals surface area contributed by atoms with Crippen LogP contribution in [0.2, 0.25) is 5.02 Å². The third-order valence-corrected chi connectivity index (χ3v) is 5.97. The third kappa shape index (κ3) is 4.61. The molecule has 2 aromatic rings. The summed E-state index contributed by atoms with van der Waals surface area (Å²) < 4.78 is 1.72. The van der Waals surface area contributed by atoms with E-state index in [9.17, 15) is 4.79 Å². The minimum atomic E-state index is -0.138. The van der Waals surface area contributed by atoms with E-state index in [4.69, 9.17) is 17.3 Å². The minimum absolute atomic E-state index is 0.138. The van der Waals surface area contributed by atoms with Crippen molar-refractivity contribution in [3.63, 3.8) is 0 Å². The van der Waals surface area contributed by atoms with Crippen LogP contribution in [0, 0.1) is 5.92 Å². The summed E-state index contributed by atoms with van der Waals surface area (Å²) in [4.78, 5) is 20.0. The van der Waals surface area contributed by atoms with Crippen LogP contribution in [0.3, 0.4) is 0 Å². The number of hydrogen-bond acceptors (Lipinski definition) is 4. The van der Waals surface area contributed by atoms with Crippen LogP contribution < -0.4 is 11.1 Å². The largest absolute Gasteiger partial charge is 0.384 e. The highest BCUT2D eigenvalue weighted by Crippen LogP contribution is 2.27. The lowest BCUT2D eigenvalue weighted by atomic mass is 9.96. The normalized spacial score (nSPS) is 16.2. The van der Waals surface area contributed by atoms with Crippen molar-refractivity contribution in [1.29, 1.82) is 0 Å². The van der Waals surface area contributed by atoms with Gasteiger partial charge in [-0.05, 0) is 56.8 Å². The molecular formula is C21H32ClN5O. The lowest BCUT2D eigenvalue weighted by Crippen LogP contribution is -2.39. The van der Waals surface area contributed by atoms with Gasteiger partial charge in [-0.25, -0.2) is 4.98 Å². The van der Waals surface area contributed by atoms with Crippen LogP contribution in [0.25, 0.3) is 5.65 Å². The van der Waals surface area contributed by atoms with Crippen molar-refractivity contribution in [3.05, 3.63) is 28.5 Å². The molecule has 0 aliphatic carbocycles. The van der Waals surface area contributed by atoms with Crippen LogP contribution in [-0.2, 0) is 0 Å². The number of anilines is 1. The predicted molar refractivity (Wildman–Crippen MR) is 115 cm³/mol. The summed E-state index contributed by atoms with van der Waals surface area (Å²) in [6.07, 6.45) is 6.62. The highest BCUT2D eigenvalue weighted by Gasteiger charge is 2.22. The smallest absolute Gasteiger partial charge is 0.255 e. The summed E-state index contributed by atoms with van der Waals surface area (Å²) >= 11 is 6.27. The number of nitrogens with two attached hydrogens (primary N) is 1. The Morgan fingerprint density at radius 1 is 1.39 bits per heavy atom. The number of nitrogen functional groups attached to an aromatic ring is 1. The Morgan fingerprint density at radius 3 is 2.75 bits per heavy atom. The Balaban J connectivity index is 1.66. The van der Waals surface area contributed by atoms with Crippen molar-refractivity contribution in [2.45, 2.75) is 52.4 Å². The molecule has 0 saturated carbocycles.